The van der Waals surface area contributed by atoms with Crippen molar-refractivity contribution in [3.8, 4) is 0 Å². The predicted octanol–water partition coefficient (Wildman–Crippen LogP) is 1.40. The monoisotopic (exact) mass is 298 g/mol. The molecule has 0 heterocycles. The number of hydrogen-bond acceptors (Lipinski definition) is 0. The van der Waals surface area contributed by atoms with E-state index in [1.165, 1.54) is 5.19 Å². The molecule has 2 rings (SSSR count). The Labute approximate surface area is 119 Å². The largest absolute Gasteiger partial charge is 0.999 e. The van der Waals surface area contributed by atoms with Gasteiger partial charge in [-0.1, -0.05) is 26.2 Å². The molecule has 0 N–H and O–H groups in total. The average Bonchev–Trinajstić information content (AvgIpc) is 2.93. The van der Waals surface area contributed by atoms with Gasteiger partial charge in [-0.15, -0.1) is 0 Å². The van der Waals surface area contributed by atoms with Gasteiger partial charge in [0.15, 0.2) is 0 Å². The zero-order valence-corrected chi connectivity index (χ0v) is 14.2. The van der Waals surface area contributed by atoms with Gasteiger partial charge in [0, 0.05) is 25.9 Å². The second kappa shape index (κ2) is 8.70. The molecular formula is C14H18FeSi2-6. The third kappa shape index (κ3) is 6.22. The quantitative estimate of drug-likeness (QED) is 0.581. The molecule has 96 valence electrons. The smallest absolute Gasteiger partial charge is 0.00103 e. The van der Waals surface area contributed by atoms with Crippen molar-refractivity contribution in [3.63, 3.8) is 0 Å². The van der Waals surface area contributed by atoms with Crippen molar-refractivity contribution >= 4 is 28.0 Å². The van der Waals surface area contributed by atoms with Crippen LogP contribution in [-0.4, -0.2) is 17.6 Å². The normalized spacial score (nSPS) is 9.76. The Hall–Kier alpha value is -0.347. The Morgan fingerprint density at radius 3 is 1.53 bits per heavy atom. The van der Waals surface area contributed by atoms with E-state index in [2.05, 4.69) is 74.7 Å². The zero-order chi connectivity index (χ0) is 12.0. The fourth-order valence-electron chi connectivity index (χ4n) is 1.29. The van der Waals surface area contributed by atoms with Gasteiger partial charge in [0.1, 0.15) is 0 Å². The summed E-state index contributed by atoms with van der Waals surface area (Å²) in [6.07, 6.45) is 0. The first-order valence-electron chi connectivity index (χ1n) is 5.71. The summed E-state index contributed by atoms with van der Waals surface area (Å²) in [5, 5.41) is 2.79. The molecule has 0 aromatic heterocycles. The molecule has 0 aliphatic carbocycles. The summed E-state index contributed by atoms with van der Waals surface area (Å²) < 4.78 is 0. The van der Waals surface area contributed by atoms with Crippen LogP contribution in [0.1, 0.15) is 0 Å². The molecule has 0 saturated heterocycles. The van der Waals surface area contributed by atoms with Gasteiger partial charge in [-0.2, -0.15) is 26.1 Å². The van der Waals surface area contributed by atoms with Gasteiger partial charge in [-0.05, 0) is 0 Å². The second-order valence-electron chi connectivity index (χ2n) is 4.44. The first-order chi connectivity index (χ1) is 7.61. The zero-order valence-electron chi connectivity index (χ0n) is 10.8. The van der Waals surface area contributed by atoms with E-state index < -0.39 is 17.6 Å². The predicted molar refractivity (Wildman–Crippen MR) is 76.4 cm³/mol. The van der Waals surface area contributed by atoms with E-state index in [1.54, 1.807) is 5.19 Å². The van der Waals surface area contributed by atoms with Crippen LogP contribution in [0.3, 0.4) is 0 Å². The van der Waals surface area contributed by atoms with Crippen LogP contribution in [0.5, 0.6) is 0 Å². The summed E-state index contributed by atoms with van der Waals surface area (Å²) in [4.78, 5) is 0. The Morgan fingerprint density at radius 1 is 0.824 bits per heavy atom. The molecule has 0 aliphatic heterocycles. The minimum atomic E-state index is -0.654. The van der Waals surface area contributed by atoms with Crippen LogP contribution in [0.4, 0.5) is 0 Å². The molecule has 0 unspecified atom stereocenters. The van der Waals surface area contributed by atoms with Crippen molar-refractivity contribution in [2.75, 3.05) is 0 Å². The van der Waals surface area contributed by atoms with Gasteiger partial charge >= 0.3 is 0 Å². The molecule has 0 fully saturated rings. The molecule has 0 bridgehead atoms. The molecule has 0 nitrogen and oxygen atoms in total. The topological polar surface area (TPSA) is 0 Å². The fourth-order valence-corrected chi connectivity index (χ4v) is 3.00. The van der Waals surface area contributed by atoms with Crippen LogP contribution in [-0.2, 0) is 17.1 Å². The third-order valence-electron chi connectivity index (χ3n) is 2.39. The van der Waals surface area contributed by atoms with Gasteiger partial charge in [0.25, 0.3) is 0 Å². The summed E-state index contributed by atoms with van der Waals surface area (Å²) >= 11 is 0. The van der Waals surface area contributed by atoms with Crippen molar-refractivity contribution in [2.24, 2.45) is 0 Å². The van der Waals surface area contributed by atoms with E-state index >= 15 is 0 Å². The molecule has 2 aromatic rings. The van der Waals surface area contributed by atoms with Crippen LogP contribution >= 0.6 is 0 Å². The van der Waals surface area contributed by atoms with E-state index in [0.717, 1.165) is 0 Å². The number of hydrogen-bond donors (Lipinski definition) is 0. The molecule has 17 heavy (non-hydrogen) atoms. The summed E-state index contributed by atoms with van der Waals surface area (Å²) in [6, 6.07) is 20.1. The molecule has 2 aromatic carbocycles. The van der Waals surface area contributed by atoms with Crippen molar-refractivity contribution in [3.05, 3.63) is 48.5 Å². The molecule has 0 atom stereocenters. The van der Waals surface area contributed by atoms with Gasteiger partial charge < -0.3 is 29.5 Å². The molecular weight excluding hydrogens is 280 g/mol. The summed E-state index contributed by atoms with van der Waals surface area (Å²) in [5.41, 5.74) is 0. The van der Waals surface area contributed by atoms with Crippen LogP contribution in [0.15, 0.2) is 24.3 Å². The molecule has 3 heteroatoms. The van der Waals surface area contributed by atoms with E-state index in [1.807, 2.05) is 0 Å². The van der Waals surface area contributed by atoms with Crippen molar-refractivity contribution < 1.29 is 17.1 Å². The van der Waals surface area contributed by atoms with E-state index in [-0.39, 0.29) is 17.1 Å². The average molecular weight is 298 g/mol. The second-order valence-corrected chi connectivity index (χ2v) is 10.3. The van der Waals surface area contributed by atoms with Crippen LogP contribution in [0, 0.1) is 24.3 Å². The summed E-state index contributed by atoms with van der Waals surface area (Å²) in [6.45, 7) is 9.17. The molecule has 0 saturated carbocycles. The summed E-state index contributed by atoms with van der Waals surface area (Å²) in [7, 11) is -1.13. The number of rotatable bonds is 2. The maximum absolute atomic E-state index is 2.96. The first kappa shape index (κ1) is 16.7. The Kier molecular flexibility index (Phi) is 8.52. The van der Waals surface area contributed by atoms with Gasteiger partial charge in [-0.25, -0.2) is 12.1 Å². The van der Waals surface area contributed by atoms with E-state index in [4.69, 9.17) is 0 Å². The standard InChI is InChI=1S/C7H11Si.C7H7Si.Fe/c2*1-8(2)7-5-3-4-6-7;/h3-6,8H,1-2H3;8H,1-2H3;/q-1;-5;. The van der Waals surface area contributed by atoms with Crippen molar-refractivity contribution in [1.82, 2.24) is 0 Å². The Bertz CT molecular complexity index is 323. The fraction of sp³-hybridized carbons (Fsp3) is 0.286. The van der Waals surface area contributed by atoms with E-state index in [9.17, 15) is 0 Å². The van der Waals surface area contributed by atoms with Crippen molar-refractivity contribution in [1.29, 1.82) is 0 Å². The minimum absolute atomic E-state index is 0. The maximum atomic E-state index is 2.96. The maximum Gasteiger partial charge on any atom is 0.00103 e. The van der Waals surface area contributed by atoms with Gasteiger partial charge in [0.2, 0.25) is 0 Å². The summed E-state index contributed by atoms with van der Waals surface area (Å²) in [5.74, 6) is 0. The van der Waals surface area contributed by atoms with Gasteiger partial charge in [-0.3, -0.25) is 0 Å². The molecule has 0 radical (unpaired) electrons. The Balaban J connectivity index is 0.000000284. The van der Waals surface area contributed by atoms with Gasteiger partial charge in [0.05, 0.1) is 0 Å². The van der Waals surface area contributed by atoms with Crippen LogP contribution in [0.25, 0.3) is 0 Å². The Morgan fingerprint density at radius 2 is 1.29 bits per heavy atom. The van der Waals surface area contributed by atoms with Crippen LogP contribution in [0.2, 0.25) is 26.2 Å². The molecule has 0 amide bonds. The van der Waals surface area contributed by atoms with E-state index in [0.29, 0.717) is 0 Å². The third-order valence-corrected chi connectivity index (χ3v) is 5.55. The SMILES string of the molecule is C[SiH](C)[c-]1[c-][c-][c-][c-]1.C[SiH](C)[c-]1cccc1.[Fe]. The minimum Gasteiger partial charge on any atom is -0.999 e. The van der Waals surface area contributed by atoms with Crippen molar-refractivity contribution in [2.45, 2.75) is 26.2 Å². The molecule has 0 aliphatic rings. The van der Waals surface area contributed by atoms with Crippen LogP contribution < -0.4 is 10.4 Å². The first-order valence-corrected chi connectivity index (χ1v) is 11.5. The molecule has 0 spiro atoms.